The van der Waals surface area contributed by atoms with Crippen molar-refractivity contribution in [3.63, 3.8) is 0 Å². The molecule has 0 N–H and O–H groups in total. The van der Waals surface area contributed by atoms with Gasteiger partial charge in [0.1, 0.15) is 0 Å². The lowest BCUT2D eigenvalue weighted by Crippen LogP contribution is -2.39. The number of likely N-dealkylation sites (N-methyl/N-ethyl adjacent to an activating group) is 1. The van der Waals surface area contributed by atoms with Gasteiger partial charge in [0.15, 0.2) is 0 Å². The van der Waals surface area contributed by atoms with Gasteiger partial charge in [0.05, 0.1) is 18.3 Å². The molecule has 4 heteroatoms. The van der Waals surface area contributed by atoms with Crippen molar-refractivity contribution in [1.82, 2.24) is 9.91 Å². The molecule has 1 aliphatic heterocycles. The fourth-order valence-electron chi connectivity index (χ4n) is 3.37. The third-order valence-corrected chi connectivity index (χ3v) is 5.33. The zero-order chi connectivity index (χ0) is 19.6. The van der Waals surface area contributed by atoms with Crippen LogP contribution in [0.1, 0.15) is 48.6 Å². The molecule has 1 heterocycles. The SMILES string of the molecule is Cc1ccc(C)c([C@@H]2CC(c3ccccc3)=NN2C(=O)CN(C)C(C)C)c1. The molecule has 0 saturated carbocycles. The fourth-order valence-corrected chi connectivity index (χ4v) is 3.37. The number of benzene rings is 2. The minimum Gasteiger partial charge on any atom is -0.295 e. The Morgan fingerprint density at radius 2 is 1.89 bits per heavy atom. The maximum atomic E-state index is 13.1. The summed E-state index contributed by atoms with van der Waals surface area (Å²) >= 11 is 0. The number of hydrazone groups is 1. The van der Waals surface area contributed by atoms with Gasteiger partial charge in [-0.3, -0.25) is 9.69 Å². The smallest absolute Gasteiger partial charge is 0.257 e. The van der Waals surface area contributed by atoms with Crippen molar-refractivity contribution in [2.24, 2.45) is 5.10 Å². The van der Waals surface area contributed by atoms with E-state index in [1.807, 2.05) is 25.2 Å². The van der Waals surface area contributed by atoms with E-state index in [1.54, 1.807) is 5.01 Å². The van der Waals surface area contributed by atoms with Gasteiger partial charge in [-0.2, -0.15) is 5.10 Å². The molecule has 0 spiro atoms. The molecule has 0 saturated heterocycles. The van der Waals surface area contributed by atoms with Crippen molar-refractivity contribution >= 4 is 11.6 Å². The lowest BCUT2D eigenvalue weighted by molar-refractivity contribution is -0.134. The molecule has 142 valence electrons. The predicted octanol–water partition coefficient (Wildman–Crippen LogP) is 4.32. The van der Waals surface area contributed by atoms with Crippen molar-refractivity contribution in [3.8, 4) is 0 Å². The molecular weight excluding hydrogens is 334 g/mol. The number of carbonyl (C=O) groups excluding carboxylic acids is 1. The van der Waals surface area contributed by atoms with Gasteiger partial charge in [0, 0.05) is 12.5 Å². The highest BCUT2D eigenvalue weighted by molar-refractivity contribution is 6.03. The first-order chi connectivity index (χ1) is 12.9. The Morgan fingerprint density at radius 3 is 2.56 bits per heavy atom. The van der Waals surface area contributed by atoms with Crippen LogP contribution in [0.15, 0.2) is 53.6 Å². The topological polar surface area (TPSA) is 35.9 Å². The van der Waals surface area contributed by atoms with Gasteiger partial charge in [-0.1, -0.05) is 54.1 Å². The van der Waals surface area contributed by atoms with E-state index in [0.717, 1.165) is 17.7 Å². The van der Waals surface area contributed by atoms with E-state index < -0.39 is 0 Å². The van der Waals surface area contributed by atoms with Crippen LogP contribution in [-0.2, 0) is 4.79 Å². The van der Waals surface area contributed by atoms with Crippen LogP contribution in [0.2, 0.25) is 0 Å². The van der Waals surface area contributed by atoms with Crippen LogP contribution in [0.3, 0.4) is 0 Å². The number of hydrogen-bond acceptors (Lipinski definition) is 3. The van der Waals surface area contributed by atoms with Crippen molar-refractivity contribution in [2.45, 2.75) is 46.2 Å². The number of rotatable bonds is 5. The highest BCUT2D eigenvalue weighted by Crippen LogP contribution is 2.35. The number of amides is 1. The molecule has 3 rings (SSSR count). The first kappa shape index (κ1) is 19.3. The minimum atomic E-state index is -0.0480. The lowest BCUT2D eigenvalue weighted by Gasteiger charge is -2.27. The first-order valence-corrected chi connectivity index (χ1v) is 9.59. The third-order valence-electron chi connectivity index (χ3n) is 5.33. The van der Waals surface area contributed by atoms with Crippen LogP contribution in [0.5, 0.6) is 0 Å². The molecule has 0 aliphatic carbocycles. The summed E-state index contributed by atoms with van der Waals surface area (Å²) < 4.78 is 0. The van der Waals surface area contributed by atoms with Crippen molar-refractivity contribution < 1.29 is 4.79 Å². The maximum Gasteiger partial charge on any atom is 0.257 e. The summed E-state index contributed by atoms with van der Waals surface area (Å²) in [6, 6.07) is 16.9. The molecule has 0 unspecified atom stereocenters. The summed E-state index contributed by atoms with van der Waals surface area (Å²) in [6.07, 6.45) is 0.742. The second-order valence-electron chi connectivity index (χ2n) is 7.74. The molecule has 2 aromatic carbocycles. The first-order valence-electron chi connectivity index (χ1n) is 9.59. The summed E-state index contributed by atoms with van der Waals surface area (Å²) in [5.41, 5.74) is 5.65. The van der Waals surface area contributed by atoms with E-state index in [9.17, 15) is 4.79 Å². The summed E-state index contributed by atoms with van der Waals surface area (Å²) in [4.78, 5) is 15.1. The summed E-state index contributed by atoms with van der Waals surface area (Å²) in [7, 11) is 1.98. The van der Waals surface area contributed by atoms with Gasteiger partial charge >= 0.3 is 0 Å². The van der Waals surface area contributed by atoms with Crippen LogP contribution >= 0.6 is 0 Å². The van der Waals surface area contributed by atoms with Gasteiger partial charge in [-0.15, -0.1) is 0 Å². The van der Waals surface area contributed by atoms with Crippen LogP contribution in [-0.4, -0.2) is 41.2 Å². The Hall–Kier alpha value is -2.46. The van der Waals surface area contributed by atoms with Gasteiger partial charge in [0.2, 0.25) is 0 Å². The fraction of sp³-hybridized carbons (Fsp3) is 0.391. The molecule has 1 amide bonds. The second kappa shape index (κ2) is 8.05. The van der Waals surface area contributed by atoms with E-state index >= 15 is 0 Å². The molecule has 0 bridgehead atoms. The summed E-state index contributed by atoms with van der Waals surface area (Å²) in [5, 5.41) is 6.48. The van der Waals surface area contributed by atoms with Gasteiger partial charge in [-0.25, -0.2) is 5.01 Å². The minimum absolute atomic E-state index is 0.0445. The molecule has 2 aromatic rings. The molecular formula is C23H29N3O. The molecule has 1 aliphatic rings. The highest BCUT2D eigenvalue weighted by atomic mass is 16.2. The number of nitrogens with zero attached hydrogens (tertiary/aromatic N) is 3. The number of aryl methyl sites for hydroxylation is 2. The third kappa shape index (κ3) is 4.28. The molecule has 0 fully saturated rings. The second-order valence-corrected chi connectivity index (χ2v) is 7.74. The van der Waals surface area contributed by atoms with Crippen molar-refractivity contribution in [2.75, 3.05) is 13.6 Å². The zero-order valence-electron chi connectivity index (χ0n) is 16.9. The lowest BCUT2D eigenvalue weighted by atomic mass is 9.94. The van der Waals surface area contributed by atoms with Crippen LogP contribution in [0.4, 0.5) is 0 Å². The standard InChI is InChI=1S/C23H29N3O/c1-16(2)25(5)15-23(27)26-22(20-13-17(3)11-12-18(20)4)14-21(24-26)19-9-7-6-8-10-19/h6-13,16,22H,14-15H2,1-5H3/t22-/m0/s1. The Balaban J connectivity index is 1.96. The van der Waals surface area contributed by atoms with Gasteiger partial charge in [0.25, 0.3) is 5.91 Å². The van der Waals surface area contributed by atoms with E-state index in [4.69, 9.17) is 5.10 Å². The summed E-state index contributed by atoms with van der Waals surface area (Å²) in [6.45, 7) is 8.76. The van der Waals surface area contributed by atoms with E-state index in [2.05, 4.69) is 62.9 Å². The average Bonchev–Trinajstić information content (AvgIpc) is 3.09. The number of hydrogen-bond donors (Lipinski definition) is 0. The van der Waals surface area contributed by atoms with Crippen LogP contribution < -0.4 is 0 Å². The normalized spacial score (nSPS) is 16.9. The van der Waals surface area contributed by atoms with E-state index in [0.29, 0.717) is 12.6 Å². The van der Waals surface area contributed by atoms with E-state index in [1.165, 1.54) is 16.7 Å². The van der Waals surface area contributed by atoms with Crippen LogP contribution in [0, 0.1) is 13.8 Å². The number of carbonyl (C=O) groups is 1. The van der Waals surface area contributed by atoms with Gasteiger partial charge in [-0.05, 0) is 51.4 Å². The highest BCUT2D eigenvalue weighted by Gasteiger charge is 2.34. The van der Waals surface area contributed by atoms with Crippen LogP contribution in [0.25, 0.3) is 0 Å². The molecule has 0 aromatic heterocycles. The quantitative estimate of drug-likeness (QED) is 0.793. The molecule has 0 radical (unpaired) electrons. The van der Waals surface area contributed by atoms with E-state index in [-0.39, 0.29) is 11.9 Å². The zero-order valence-corrected chi connectivity index (χ0v) is 16.9. The molecule has 27 heavy (non-hydrogen) atoms. The Bertz CT molecular complexity index is 842. The Morgan fingerprint density at radius 1 is 1.19 bits per heavy atom. The monoisotopic (exact) mass is 363 g/mol. The average molecular weight is 364 g/mol. The molecule has 1 atom stereocenters. The van der Waals surface area contributed by atoms with Gasteiger partial charge < -0.3 is 0 Å². The summed E-state index contributed by atoms with van der Waals surface area (Å²) in [5.74, 6) is 0.0445. The Labute approximate surface area is 162 Å². The van der Waals surface area contributed by atoms with Crippen molar-refractivity contribution in [1.29, 1.82) is 0 Å². The van der Waals surface area contributed by atoms with Crippen molar-refractivity contribution in [3.05, 3.63) is 70.8 Å². The predicted molar refractivity (Wildman–Crippen MR) is 111 cm³/mol. The maximum absolute atomic E-state index is 13.1. The molecule has 4 nitrogen and oxygen atoms in total. The Kier molecular flexibility index (Phi) is 5.76. The largest absolute Gasteiger partial charge is 0.295 e.